The number of nitrogens with one attached hydrogen (secondary N) is 1. The minimum Gasteiger partial charge on any atom is -0.322 e. The van der Waals surface area contributed by atoms with Crippen molar-refractivity contribution in [3.63, 3.8) is 0 Å². The van der Waals surface area contributed by atoms with Gasteiger partial charge in [-0.2, -0.15) is 0 Å². The number of fused-ring (bicyclic) bond motifs is 2. The highest BCUT2D eigenvalue weighted by Crippen LogP contribution is 2.24. The van der Waals surface area contributed by atoms with E-state index in [-0.39, 0.29) is 5.91 Å². The van der Waals surface area contributed by atoms with Crippen LogP contribution in [0.25, 0.3) is 27.7 Å². The number of benzene rings is 3. The summed E-state index contributed by atoms with van der Waals surface area (Å²) >= 11 is 0. The van der Waals surface area contributed by atoms with Crippen molar-refractivity contribution in [1.29, 1.82) is 0 Å². The van der Waals surface area contributed by atoms with Gasteiger partial charge in [-0.05, 0) is 59.7 Å². The summed E-state index contributed by atoms with van der Waals surface area (Å²) < 4.78 is 2.00. The molecule has 0 saturated heterocycles. The van der Waals surface area contributed by atoms with Crippen LogP contribution in [0.15, 0.2) is 91.3 Å². The Kier molecular flexibility index (Phi) is 4.10. The standard InChI is InChI=1S/C25H19N3O/c1-17-11-12-28-16-23(27-24(28)13-17)20-7-4-8-22(15-20)26-25(29)21-10-9-18-5-2-3-6-19(18)14-21/h2-16H,1H3,(H,26,29). The highest BCUT2D eigenvalue weighted by molar-refractivity contribution is 6.06. The molecule has 1 N–H and O–H groups in total. The zero-order valence-corrected chi connectivity index (χ0v) is 16.0. The first-order chi connectivity index (χ1) is 14.2. The van der Waals surface area contributed by atoms with Gasteiger partial charge in [0.05, 0.1) is 5.69 Å². The Morgan fingerprint density at radius 3 is 2.66 bits per heavy atom. The van der Waals surface area contributed by atoms with E-state index in [2.05, 4.69) is 24.4 Å². The van der Waals surface area contributed by atoms with E-state index in [1.54, 1.807) is 0 Å². The van der Waals surface area contributed by atoms with Gasteiger partial charge in [0.25, 0.3) is 5.91 Å². The number of aryl methyl sites for hydroxylation is 1. The lowest BCUT2D eigenvalue weighted by Gasteiger charge is -2.07. The normalized spacial score (nSPS) is 11.1. The molecule has 0 aliphatic carbocycles. The number of hydrogen-bond acceptors (Lipinski definition) is 2. The van der Waals surface area contributed by atoms with Crippen molar-refractivity contribution < 1.29 is 4.79 Å². The molecule has 0 unspecified atom stereocenters. The summed E-state index contributed by atoms with van der Waals surface area (Å²) in [5.41, 5.74) is 5.29. The van der Waals surface area contributed by atoms with Crippen molar-refractivity contribution in [2.75, 3.05) is 5.32 Å². The third kappa shape index (κ3) is 3.36. The maximum absolute atomic E-state index is 12.8. The molecule has 5 aromatic rings. The van der Waals surface area contributed by atoms with Crippen molar-refractivity contribution >= 4 is 28.0 Å². The summed E-state index contributed by atoms with van der Waals surface area (Å²) in [6, 6.07) is 25.6. The second-order valence-electron chi connectivity index (χ2n) is 7.19. The summed E-state index contributed by atoms with van der Waals surface area (Å²) in [6.07, 6.45) is 4.01. The monoisotopic (exact) mass is 377 g/mol. The minimum absolute atomic E-state index is 0.126. The maximum atomic E-state index is 12.8. The Bertz CT molecular complexity index is 1370. The van der Waals surface area contributed by atoms with Crippen molar-refractivity contribution in [2.24, 2.45) is 0 Å². The lowest BCUT2D eigenvalue weighted by molar-refractivity contribution is 0.102. The molecular weight excluding hydrogens is 358 g/mol. The SMILES string of the molecule is Cc1ccn2cc(-c3cccc(NC(=O)c4ccc5ccccc5c4)c3)nc2c1. The lowest BCUT2D eigenvalue weighted by Crippen LogP contribution is -2.11. The summed E-state index contributed by atoms with van der Waals surface area (Å²) in [5.74, 6) is -0.126. The van der Waals surface area contributed by atoms with Crippen LogP contribution in [0.3, 0.4) is 0 Å². The van der Waals surface area contributed by atoms with Crippen LogP contribution in [0, 0.1) is 6.92 Å². The smallest absolute Gasteiger partial charge is 0.255 e. The molecule has 0 atom stereocenters. The maximum Gasteiger partial charge on any atom is 0.255 e. The van der Waals surface area contributed by atoms with Crippen LogP contribution in [-0.4, -0.2) is 15.3 Å². The van der Waals surface area contributed by atoms with Gasteiger partial charge in [-0.25, -0.2) is 4.98 Å². The molecule has 2 aromatic heterocycles. The van der Waals surface area contributed by atoms with Crippen LogP contribution in [0.1, 0.15) is 15.9 Å². The molecule has 5 rings (SSSR count). The molecule has 3 aromatic carbocycles. The average molecular weight is 377 g/mol. The van der Waals surface area contributed by atoms with Gasteiger partial charge in [-0.3, -0.25) is 4.79 Å². The van der Waals surface area contributed by atoms with Gasteiger partial charge in [0, 0.05) is 29.2 Å². The Morgan fingerprint density at radius 1 is 0.897 bits per heavy atom. The van der Waals surface area contributed by atoms with Crippen molar-refractivity contribution in [3.8, 4) is 11.3 Å². The van der Waals surface area contributed by atoms with E-state index < -0.39 is 0 Å². The number of rotatable bonds is 3. The second-order valence-corrected chi connectivity index (χ2v) is 7.19. The molecule has 0 saturated carbocycles. The number of carbonyl (C=O) groups excluding carboxylic acids is 1. The van der Waals surface area contributed by atoms with Crippen molar-refractivity contribution in [1.82, 2.24) is 9.38 Å². The molecule has 0 aliphatic heterocycles. The Balaban J connectivity index is 1.43. The number of imidazole rings is 1. The predicted molar refractivity (Wildman–Crippen MR) is 117 cm³/mol. The summed E-state index contributed by atoms with van der Waals surface area (Å²) in [5, 5.41) is 5.17. The van der Waals surface area contributed by atoms with Gasteiger partial charge < -0.3 is 9.72 Å². The van der Waals surface area contributed by atoms with Crippen LogP contribution >= 0.6 is 0 Å². The van der Waals surface area contributed by atoms with Gasteiger partial charge in [0.2, 0.25) is 0 Å². The Hall–Kier alpha value is -3.92. The minimum atomic E-state index is -0.126. The predicted octanol–water partition coefficient (Wildman–Crippen LogP) is 5.72. The Morgan fingerprint density at radius 2 is 1.76 bits per heavy atom. The molecule has 0 bridgehead atoms. The van der Waals surface area contributed by atoms with E-state index in [1.807, 2.05) is 83.5 Å². The fourth-order valence-corrected chi connectivity index (χ4v) is 3.51. The van der Waals surface area contributed by atoms with Crippen LogP contribution in [0.5, 0.6) is 0 Å². The zero-order valence-electron chi connectivity index (χ0n) is 16.0. The number of aromatic nitrogens is 2. The van der Waals surface area contributed by atoms with Crippen molar-refractivity contribution in [3.05, 3.63) is 102 Å². The highest BCUT2D eigenvalue weighted by Gasteiger charge is 2.09. The summed E-state index contributed by atoms with van der Waals surface area (Å²) in [6.45, 7) is 2.05. The fourth-order valence-electron chi connectivity index (χ4n) is 3.51. The molecule has 0 fully saturated rings. The van der Waals surface area contributed by atoms with Crippen molar-refractivity contribution in [2.45, 2.75) is 6.92 Å². The quantitative estimate of drug-likeness (QED) is 0.437. The van der Waals surface area contributed by atoms with E-state index in [4.69, 9.17) is 4.98 Å². The molecular formula is C25H19N3O. The number of hydrogen-bond donors (Lipinski definition) is 1. The molecule has 2 heterocycles. The molecule has 1 amide bonds. The van der Waals surface area contributed by atoms with E-state index in [1.165, 1.54) is 5.56 Å². The zero-order chi connectivity index (χ0) is 19.8. The third-order valence-electron chi connectivity index (χ3n) is 5.04. The first kappa shape index (κ1) is 17.2. The molecule has 0 spiro atoms. The van der Waals surface area contributed by atoms with Gasteiger partial charge in [0.1, 0.15) is 5.65 Å². The average Bonchev–Trinajstić information content (AvgIpc) is 3.17. The number of anilines is 1. The number of nitrogens with zero attached hydrogens (tertiary/aromatic N) is 2. The molecule has 140 valence electrons. The number of amides is 1. The van der Waals surface area contributed by atoms with Gasteiger partial charge in [-0.1, -0.05) is 42.5 Å². The van der Waals surface area contributed by atoms with Gasteiger partial charge in [0.15, 0.2) is 0 Å². The lowest BCUT2D eigenvalue weighted by atomic mass is 10.1. The second kappa shape index (κ2) is 6.91. The van der Waals surface area contributed by atoms with E-state index >= 15 is 0 Å². The van der Waals surface area contributed by atoms with E-state index in [0.717, 1.165) is 33.4 Å². The largest absolute Gasteiger partial charge is 0.322 e. The first-order valence-electron chi connectivity index (χ1n) is 9.52. The van der Waals surface area contributed by atoms with Crippen LogP contribution in [0.2, 0.25) is 0 Å². The summed E-state index contributed by atoms with van der Waals surface area (Å²) in [7, 11) is 0. The van der Waals surface area contributed by atoms with Crippen LogP contribution < -0.4 is 5.32 Å². The summed E-state index contributed by atoms with van der Waals surface area (Å²) in [4.78, 5) is 17.5. The van der Waals surface area contributed by atoms with E-state index in [0.29, 0.717) is 5.56 Å². The van der Waals surface area contributed by atoms with Crippen LogP contribution in [0.4, 0.5) is 5.69 Å². The van der Waals surface area contributed by atoms with Gasteiger partial charge in [-0.15, -0.1) is 0 Å². The topological polar surface area (TPSA) is 46.4 Å². The fraction of sp³-hybridized carbons (Fsp3) is 0.0400. The first-order valence-corrected chi connectivity index (χ1v) is 9.52. The molecule has 4 nitrogen and oxygen atoms in total. The van der Waals surface area contributed by atoms with Crippen LogP contribution in [-0.2, 0) is 0 Å². The molecule has 0 aliphatic rings. The Labute approximate surface area is 168 Å². The van der Waals surface area contributed by atoms with E-state index in [9.17, 15) is 4.79 Å². The van der Waals surface area contributed by atoms with Gasteiger partial charge >= 0.3 is 0 Å². The molecule has 4 heteroatoms. The third-order valence-corrected chi connectivity index (χ3v) is 5.04. The molecule has 29 heavy (non-hydrogen) atoms. The highest BCUT2D eigenvalue weighted by atomic mass is 16.1. The number of carbonyl (C=O) groups is 1. The number of pyridine rings is 1. The molecule has 0 radical (unpaired) electrons.